The maximum atomic E-state index is 13.0. The van der Waals surface area contributed by atoms with Gasteiger partial charge in [0.25, 0.3) is 5.91 Å². The number of rotatable bonds is 5. The summed E-state index contributed by atoms with van der Waals surface area (Å²) in [5, 5.41) is 2.95. The molecule has 1 aromatic carbocycles. The van der Waals surface area contributed by atoms with E-state index < -0.39 is 0 Å². The number of nitrogens with zero attached hydrogens (tertiary/aromatic N) is 3. The molecule has 0 unspecified atom stereocenters. The van der Waals surface area contributed by atoms with Gasteiger partial charge in [0.15, 0.2) is 0 Å². The van der Waals surface area contributed by atoms with E-state index >= 15 is 0 Å². The van der Waals surface area contributed by atoms with Gasteiger partial charge in [0.05, 0.1) is 0 Å². The third kappa shape index (κ3) is 4.45. The van der Waals surface area contributed by atoms with E-state index in [1.54, 1.807) is 30.3 Å². The van der Waals surface area contributed by atoms with Gasteiger partial charge < -0.3 is 15.1 Å². The number of amides is 2. The number of hydrogen-bond donors (Lipinski definition) is 1. The molecule has 2 heterocycles. The zero-order valence-electron chi connectivity index (χ0n) is 15.9. The van der Waals surface area contributed by atoms with E-state index in [0.717, 1.165) is 12.0 Å². The van der Waals surface area contributed by atoms with Gasteiger partial charge in [0.1, 0.15) is 5.82 Å². The molecule has 1 aliphatic heterocycles. The first-order chi connectivity index (χ1) is 13.1. The van der Waals surface area contributed by atoms with Gasteiger partial charge in [-0.2, -0.15) is 0 Å². The molecule has 0 aliphatic carbocycles. The van der Waals surface area contributed by atoms with Crippen LogP contribution in [0.25, 0.3) is 0 Å². The molecular formula is C21H26N4O2. The molecule has 6 heteroatoms. The second kappa shape index (κ2) is 8.66. The summed E-state index contributed by atoms with van der Waals surface area (Å²) < 4.78 is 0. The minimum atomic E-state index is -0.0540. The second-order valence-corrected chi connectivity index (χ2v) is 6.75. The predicted octanol–water partition coefficient (Wildman–Crippen LogP) is 2.78. The molecule has 0 spiro atoms. The average Bonchev–Trinajstić information content (AvgIpc) is 2.87. The fourth-order valence-corrected chi connectivity index (χ4v) is 3.44. The summed E-state index contributed by atoms with van der Waals surface area (Å²) >= 11 is 0. The Bertz CT molecular complexity index is 794. The van der Waals surface area contributed by atoms with Crippen LogP contribution in [0.1, 0.15) is 35.7 Å². The summed E-state index contributed by atoms with van der Waals surface area (Å²) in [6.07, 6.45) is 2.78. The number of carbonyl (C=O) groups is 2. The molecule has 2 aromatic rings. The molecule has 1 N–H and O–H groups in total. The first-order valence-electron chi connectivity index (χ1n) is 9.38. The lowest BCUT2D eigenvalue weighted by atomic mass is 10.1. The van der Waals surface area contributed by atoms with E-state index in [1.165, 1.54) is 0 Å². The number of pyridine rings is 1. The normalized spacial score (nSPS) is 17.6. The molecular weight excluding hydrogens is 340 g/mol. The Kier molecular flexibility index (Phi) is 6.06. The van der Waals surface area contributed by atoms with Crippen LogP contribution < -0.4 is 5.32 Å². The van der Waals surface area contributed by atoms with Crippen LogP contribution in [0, 0.1) is 0 Å². The average molecular weight is 366 g/mol. The van der Waals surface area contributed by atoms with E-state index in [1.807, 2.05) is 35.2 Å². The summed E-state index contributed by atoms with van der Waals surface area (Å²) in [5.41, 5.74) is 1.70. The van der Waals surface area contributed by atoms with E-state index in [2.05, 4.69) is 17.2 Å². The summed E-state index contributed by atoms with van der Waals surface area (Å²) in [4.78, 5) is 33.6. The number of hydrogen-bond acceptors (Lipinski definition) is 4. The van der Waals surface area contributed by atoms with Gasteiger partial charge in [-0.15, -0.1) is 0 Å². The highest BCUT2D eigenvalue weighted by atomic mass is 16.2. The molecule has 0 bridgehead atoms. The fourth-order valence-electron chi connectivity index (χ4n) is 3.44. The Morgan fingerprint density at radius 1 is 1.26 bits per heavy atom. The first-order valence-corrected chi connectivity index (χ1v) is 9.38. The van der Waals surface area contributed by atoms with Crippen molar-refractivity contribution < 1.29 is 9.59 Å². The Hall–Kier alpha value is -2.89. The van der Waals surface area contributed by atoms with Gasteiger partial charge in [-0.3, -0.25) is 9.59 Å². The number of aromatic nitrogens is 1. The van der Waals surface area contributed by atoms with Crippen molar-refractivity contribution in [2.45, 2.75) is 32.4 Å². The Morgan fingerprint density at radius 3 is 2.74 bits per heavy atom. The molecule has 1 atom stereocenters. The van der Waals surface area contributed by atoms with Gasteiger partial charge >= 0.3 is 0 Å². The van der Waals surface area contributed by atoms with E-state index in [4.69, 9.17) is 0 Å². The van der Waals surface area contributed by atoms with Crippen LogP contribution in [0.3, 0.4) is 0 Å². The smallest absolute Gasteiger partial charge is 0.254 e. The van der Waals surface area contributed by atoms with Crippen LogP contribution in [0.2, 0.25) is 0 Å². The minimum Gasteiger partial charge on any atom is -0.373 e. The lowest BCUT2D eigenvalue weighted by molar-refractivity contribution is -0.133. The number of carbonyl (C=O) groups excluding carboxylic acids is 2. The van der Waals surface area contributed by atoms with Crippen LogP contribution in [0.5, 0.6) is 0 Å². The third-order valence-electron chi connectivity index (χ3n) is 5.01. The quantitative estimate of drug-likeness (QED) is 0.884. The largest absolute Gasteiger partial charge is 0.373 e. The maximum Gasteiger partial charge on any atom is 0.254 e. The van der Waals surface area contributed by atoms with E-state index in [9.17, 15) is 9.59 Å². The van der Waals surface area contributed by atoms with Gasteiger partial charge in [-0.1, -0.05) is 37.3 Å². The predicted molar refractivity (Wildman–Crippen MR) is 105 cm³/mol. The van der Waals surface area contributed by atoms with Crippen molar-refractivity contribution in [3.8, 4) is 0 Å². The minimum absolute atomic E-state index is 0.00904. The Balaban J connectivity index is 1.78. The fraction of sp³-hybridized carbons (Fsp3) is 0.381. The van der Waals surface area contributed by atoms with Crippen LogP contribution in [-0.2, 0) is 11.3 Å². The molecule has 27 heavy (non-hydrogen) atoms. The topological polar surface area (TPSA) is 65.5 Å². The molecule has 142 valence electrons. The monoisotopic (exact) mass is 366 g/mol. The molecule has 1 aromatic heterocycles. The van der Waals surface area contributed by atoms with Gasteiger partial charge in [0.2, 0.25) is 5.91 Å². The molecule has 0 saturated carbocycles. The van der Waals surface area contributed by atoms with Gasteiger partial charge in [-0.05, 0) is 24.1 Å². The standard InChI is InChI=1S/C21H26N4O2/c1-3-18-15-24(21(27)17-9-11-23-19(13-17)22-2)12-10-20(26)25(18)14-16-7-5-4-6-8-16/h4-9,11,13,18H,3,10,12,14-15H2,1-2H3,(H,22,23)/t18-/m1/s1. The van der Waals surface area contributed by atoms with Crippen molar-refractivity contribution in [1.82, 2.24) is 14.8 Å². The zero-order chi connectivity index (χ0) is 19.2. The summed E-state index contributed by atoms with van der Waals surface area (Å²) in [5.74, 6) is 0.706. The molecule has 1 fully saturated rings. The number of nitrogens with one attached hydrogen (secondary N) is 1. The lowest BCUT2D eigenvalue weighted by Gasteiger charge is -2.31. The number of benzene rings is 1. The molecule has 6 nitrogen and oxygen atoms in total. The Labute approximate surface area is 160 Å². The second-order valence-electron chi connectivity index (χ2n) is 6.75. The molecule has 1 aliphatic rings. The van der Waals surface area contributed by atoms with Crippen LogP contribution in [0.15, 0.2) is 48.7 Å². The first kappa shape index (κ1) is 18.9. The molecule has 3 rings (SSSR count). The van der Waals surface area contributed by atoms with Crippen molar-refractivity contribution in [2.75, 3.05) is 25.5 Å². The highest BCUT2D eigenvalue weighted by molar-refractivity contribution is 5.95. The molecule has 1 saturated heterocycles. The summed E-state index contributed by atoms with van der Waals surface area (Å²) in [6, 6.07) is 13.5. The SMILES string of the molecule is CC[C@@H]1CN(C(=O)c2ccnc(NC)c2)CCC(=O)N1Cc1ccccc1. The summed E-state index contributed by atoms with van der Waals surface area (Å²) in [6.45, 7) is 3.64. The third-order valence-corrected chi connectivity index (χ3v) is 5.01. The molecule has 2 amide bonds. The van der Waals surface area contributed by atoms with Crippen molar-refractivity contribution in [3.63, 3.8) is 0 Å². The van der Waals surface area contributed by atoms with Crippen LogP contribution in [0.4, 0.5) is 5.82 Å². The highest BCUT2D eigenvalue weighted by Crippen LogP contribution is 2.20. The van der Waals surface area contributed by atoms with Gasteiger partial charge in [-0.25, -0.2) is 4.98 Å². The maximum absolute atomic E-state index is 13.0. The van der Waals surface area contributed by atoms with Gasteiger partial charge in [0, 0.05) is 50.9 Å². The van der Waals surface area contributed by atoms with Crippen molar-refractivity contribution >= 4 is 17.6 Å². The zero-order valence-corrected chi connectivity index (χ0v) is 15.9. The van der Waals surface area contributed by atoms with Crippen molar-refractivity contribution in [2.24, 2.45) is 0 Å². The Morgan fingerprint density at radius 2 is 2.04 bits per heavy atom. The summed E-state index contributed by atoms with van der Waals surface area (Å²) in [7, 11) is 1.77. The van der Waals surface area contributed by atoms with Crippen LogP contribution >= 0.6 is 0 Å². The molecule has 0 radical (unpaired) electrons. The lowest BCUT2D eigenvalue weighted by Crippen LogP contribution is -2.43. The van der Waals surface area contributed by atoms with Crippen molar-refractivity contribution in [1.29, 1.82) is 0 Å². The van der Waals surface area contributed by atoms with E-state index in [-0.39, 0.29) is 17.9 Å². The van der Waals surface area contributed by atoms with E-state index in [0.29, 0.717) is 37.4 Å². The number of anilines is 1. The van der Waals surface area contributed by atoms with Crippen molar-refractivity contribution in [3.05, 3.63) is 59.8 Å². The van der Waals surface area contributed by atoms with Crippen LogP contribution in [-0.4, -0.2) is 52.8 Å². The highest BCUT2D eigenvalue weighted by Gasteiger charge is 2.31.